The zero-order chi connectivity index (χ0) is 38.6. The molecule has 0 amide bonds. The molecule has 1 aliphatic heterocycles. The van der Waals surface area contributed by atoms with Crippen molar-refractivity contribution in [1.82, 2.24) is 4.68 Å². The molecule has 1 aromatic heterocycles. The summed E-state index contributed by atoms with van der Waals surface area (Å²) in [5.74, 6) is 1.65. The summed E-state index contributed by atoms with van der Waals surface area (Å²) in [6.07, 6.45) is 0. The Balaban J connectivity index is 1.06. The second-order valence-electron chi connectivity index (χ2n) is 14.6. The van der Waals surface area contributed by atoms with E-state index >= 15 is 0 Å². The van der Waals surface area contributed by atoms with Crippen molar-refractivity contribution >= 4 is 61.0 Å². The molecule has 0 bridgehead atoms. The Kier molecular flexibility index (Phi) is 7.90. The van der Waals surface area contributed by atoms with E-state index in [4.69, 9.17) is 4.74 Å². The largest absolute Gasteiger partial charge is 0.453 e. The van der Waals surface area contributed by atoms with E-state index in [-0.39, 0.29) is 0 Å². The summed E-state index contributed by atoms with van der Waals surface area (Å²) < 4.78 is 8.66. The Morgan fingerprint density at radius 3 is 2.07 bits per heavy atom. The molecular weight excluding hydrogens is 709 g/mol. The maximum absolute atomic E-state index is 9.19. The number of benzene rings is 9. The minimum absolute atomic E-state index is 0.470. The van der Waals surface area contributed by atoms with Crippen LogP contribution in [0.25, 0.3) is 54.8 Å². The van der Waals surface area contributed by atoms with E-state index in [1.54, 1.807) is 0 Å². The molecule has 5 nitrogen and oxygen atoms in total. The summed E-state index contributed by atoms with van der Waals surface area (Å²) in [7, 11) is 0. The third-order valence-corrected chi connectivity index (χ3v) is 11.2. The Morgan fingerprint density at radius 1 is 0.483 bits per heavy atom. The second kappa shape index (κ2) is 13.7. The Hall–Kier alpha value is -7.89. The van der Waals surface area contributed by atoms with Crippen molar-refractivity contribution in [3.8, 4) is 33.8 Å². The Bertz CT molecular complexity index is 3200. The molecule has 0 atom stereocenters. The molecule has 0 saturated heterocycles. The molecule has 0 spiro atoms. The van der Waals surface area contributed by atoms with Gasteiger partial charge in [-0.2, -0.15) is 0 Å². The summed E-state index contributed by atoms with van der Waals surface area (Å²) in [6.45, 7) is 0. The van der Waals surface area contributed by atoms with Crippen LogP contribution in [-0.2, 0) is 0 Å². The molecule has 5 heteroatoms. The van der Waals surface area contributed by atoms with Gasteiger partial charge in [-0.05, 0) is 93.7 Å². The van der Waals surface area contributed by atoms with Crippen molar-refractivity contribution in [2.75, 3.05) is 10.3 Å². The van der Waals surface area contributed by atoms with Crippen LogP contribution in [0, 0.1) is 5.41 Å². The van der Waals surface area contributed by atoms with Crippen LogP contribution in [0.4, 0.5) is 22.7 Å². The molecule has 11 rings (SSSR count). The van der Waals surface area contributed by atoms with E-state index < -0.39 is 0 Å². The number of anilines is 4. The zero-order valence-corrected chi connectivity index (χ0v) is 31.4. The summed E-state index contributed by atoms with van der Waals surface area (Å²) in [5.41, 5.74) is 16.5. The molecule has 0 fully saturated rings. The number of hydrogen-bond acceptors (Lipinski definition) is 4. The van der Waals surface area contributed by atoms with Crippen LogP contribution in [0.15, 0.2) is 206 Å². The molecule has 1 aliphatic rings. The van der Waals surface area contributed by atoms with Crippen LogP contribution < -0.4 is 15.1 Å². The number of ether oxygens (including phenoxy) is 1. The van der Waals surface area contributed by atoms with Gasteiger partial charge in [0.1, 0.15) is 0 Å². The van der Waals surface area contributed by atoms with Crippen LogP contribution in [0.2, 0.25) is 0 Å². The van der Waals surface area contributed by atoms with Gasteiger partial charge in [0.05, 0.1) is 33.8 Å². The van der Waals surface area contributed by atoms with Gasteiger partial charge >= 0.3 is 0 Å². The molecule has 2 N–H and O–H groups in total. The summed E-state index contributed by atoms with van der Waals surface area (Å²) in [4.78, 5) is 2.29. The number of rotatable bonds is 7. The topological polar surface area (TPSA) is 53.3 Å². The van der Waals surface area contributed by atoms with Gasteiger partial charge in [-0.1, -0.05) is 146 Å². The zero-order valence-electron chi connectivity index (χ0n) is 31.4. The number of hydrogen-bond donors (Lipinski definition) is 2. The smallest absolute Gasteiger partial charge is 0.151 e. The van der Waals surface area contributed by atoms with E-state index in [2.05, 4.69) is 155 Å². The van der Waals surface area contributed by atoms with Crippen LogP contribution in [0.5, 0.6) is 11.5 Å². The average molecular weight is 745 g/mol. The van der Waals surface area contributed by atoms with E-state index in [9.17, 15) is 5.41 Å². The van der Waals surface area contributed by atoms with Crippen molar-refractivity contribution in [3.63, 3.8) is 0 Å². The monoisotopic (exact) mass is 744 g/mol. The van der Waals surface area contributed by atoms with Gasteiger partial charge in [-0.15, -0.1) is 0 Å². The van der Waals surface area contributed by atoms with Crippen molar-refractivity contribution < 1.29 is 4.74 Å². The number of aromatic nitrogens is 1. The number of nitrogens with zero attached hydrogens (tertiary/aromatic N) is 2. The highest BCUT2D eigenvalue weighted by molar-refractivity contribution is 6.25. The molecule has 10 aromatic rings. The predicted molar refractivity (Wildman–Crippen MR) is 240 cm³/mol. The van der Waals surface area contributed by atoms with E-state index in [0.717, 1.165) is 78.7 Å². The highest BCUT2D eigenvalue weighted by Gasteiger charge is 2.26. The van der Waals surface area contributed by atoms with Gasteiger partial charge in [0.15, 0.2) is 11.5 Å². The predicted octanol–water partition coefficient (Wildman–Crippen LogP) is 14.1. The molecule has 0 unspecified atom stereocenters. The first-order valence-electron chi connectivity index (χ1n) is 19.5. The molecule has 0 radical (unpaired) electrons. The lowest BCUT2D eigenvalue weighted by molar-refractivity contribution is 0.477. The minimum Gasteiger partial charge on any atom is -0.453 e. The van der Waals surface area contributed by atoms with Crippen molar-refractivity contribution in [1.29, 1.82) is 5.41 Å². The van der Waals surface area contributed by atoms with Crippen LogP contribution in [0.3, 0.4) is 0 Å². The normalized spacial score (nSPS) is 12.0. The maximum Gasteiger partial charge on any atom is 0.151 e. The van der Waals surface area contributed by atoms with Gasteiger partial charge in [0.25, 0.3) is 0 Å². The third kappa shape index (κ3) is 5.52. The SMILES string of the molecule is N=C(c1ccccc1)c1ccccc1Nn1c2cccc(-c3cccc(-c4ccc5c(c4)N(c4ccccc4)c4ccccc4O5)c3)c2c2c3ccccc3ccc21. The van der Waals surface area contributed by atoms with Crippen LogP contribution in [0.1, 0.15) is 11.1 Å². The fourth-order valence-electron chi connectivity index (χ4n) is 8.52. The van der Waals surface area contributed by atoms with Gasteiger partial charge < -0.3 is 9.64 Å². The van der Waals surface area contributed by atoms with Crippen molar-refractivity contribution in [3.05, 3.63) is 217 Å². The van der Waals surface area contributed by atoms with E-state index in [1.807, 2.05) is 66.7 Å². The standard InChI is InChI=1S/C53H36N4O/c54-53(36-16-3-1-4-17-36)43-23-9-10-25-44(43)55-57-46-27-14-24-42(52(46)51-41-22-8-7-15-35(41)29-31-47(51)57)39-19-13-18-37(33-39)38-30-32-50-48(34-38)56(40-20-5-2-6-21-40)45-26-11-12-28-49(45)58-50/h1-34,54-55H. The molecule has 9 aromatic carbocycles. The quantitative estimate of drug-likeness (QED) is 0.160. The number of nitrogens with one attached hydrogen (secondary N) is 2. The minimum atomic E-state index is 0.470. The molecular formula is C53H36N4O. The molecule has 0 saturated carbocycles. The van der Waals surface area contributed by atoms with Crippen LogP contribution >= 0.6 is 0 Å². The van der Waals surface area contributed by atoms with Crippen LogP contribution in [-0.4, -0.2) is 10.4 Å². The summed E-state index contributed by atoms with van der Waals surface area (Å²) in [6, 6.07) is 71.6. The first-order valence-corrected chi connectivity index (χ1v) is 19.5. The van der Waals surface area contributed by atoms with Gasteiger partial charge in [-0.3, -0.25) is 15.5 Å². The molecule has 274 valence electrons. The highest BCUT2D eigenvalue weighted by Crippen LogP contribution is 2.51. The maximum atomic E-state index is 9.19. The average Bonchev–Trinajstić information content (AvgIpc) is 3.62. The van der Waals surface area contributed by atoms with Gasteiger partial charge in [0, 0.05) is 27.6 Å². The fraction of sp³-hybridized carbons (Fsp3) is 0. The second-order valence-corrected chi connectivity index (χ2v) is 14.6. The fourth-order valence-corrected chi connectivity index (χ4v) is 8.52. The third-order valence-electron chi connectivity index (χ3n) is 11.2. The molecule has 2 heterocycles. The molecule has 0 aliphatic carbocycles. The van der Waals surface area contributed by atoms with Crippen molar-refractivity contribution in [2.24, 2.45) is 0 Å². The first-order chi connectivity index (χ1) is 28.7. The van der Waals surface area contributed by atoms with Crippen molar-refractivity contribution in [2.45, 2.75) is 0 Å². The Labute approximate surface area is 336 Å². The lowest BCUT2D eigenvalue weighted by atomic mass is 9.94. The number of fused-ring (bicyclic) bond motifs is 7. The lowest BCUT2D eigenvalue weighted by Crippen LogP contribution is -2.15. The highest BCUT2D eigenvalue weighted by atomic mass is 16.5. The summed E-state index contributed by atoms with van der Waals surface area (Å²) in [5, 5.41) is 13.9. The van der Waals surface area contributed by atoms with Gasteiger partial charge in [0.2, 0.25) is 0 Å². The first kappa shape index (κ1) is 33.4. The van der Waals surface area contributed by atoms with E-state index in [1.165, 1.54) is 21.5 Å². The number of para-hydroxylation sites is 4. The Morgan fingerprint density at radius 2 is 1.17 bits per heavy atom. The lowest BCUT2D eigenvalue weighted by Gasteiger charge is -2.33. The molecule has 58 heavy (non-hydrogen) atoms. The summed E-state index contributed by atoms with van der Waals surface area (Å²) >= 11 is 0. The van der Waals surface area contributed by atoms with E-state index in [0.29, 0.717) is 5.71 Å². The van der Waals surface area contributed by atoms with Gasteiger partial charge in [-0.25, -0.2) is 0 Å².